The maximum absolute atomic E-state index is 12.7. The highest BCUT2D eigenvalue weighted by Crippen LogP contribution is 2.25. The van der Waals surface area contributed by atoms with Crippen LogP contribution in [0.15, 0.2) is 79.1 Å². The molecule has 0 bridgehead atoms. The highest BCUT2D eigenvalue weighted by atomic mass is 16.5. The van der Waals surface area contributed by atoms with Crippen LogP contribution in [0, 0.1) is 0 Å². The largest absolute Gasteiger partial charge is 0.457 e. The van der Waals surface area contributed by atoms with Crippen LogP contribution in [-0.4, -0.2) is 21.7 Å². The molecule has 1 amide bonds. The lowest BCUT2D eigenvalue weighted by Gasteiger charge is -2.12. The molecule has 0 radical (unpaired) electrons. The predicted octanol–water partition coefficient (Wildman–Crippen LogP) is 4.34. The van der Waals surface area contributed by atoms with Crippen molar-refractivity contribution in [1.29, 1.82) is 0 Å². The molecule has 0 spiro atoms. The number of hydrogen-bond acceptors (Lipinski definition) is 4. The normalized spacial score (nSPS) is 10.7. The number of carbonyl (C=O) groups excluding carboxylic acids is 2. The summed E-state index contributed by atoms with van der Waals surface area (Å²) in [6, 6.07) is 20.6. The fourth-order valence-corrected chi connectivity index (χ4v) is 3.10. The third-order valence-corrected chi connectivity index (χ3v) is 4.49. The number of hydrogen-bond donors (Lipinski definition) is 1. The first-order valence-corrected chi connectivity index (χ1v) is 9.16. The van der Waals surface area contributed by atoms with Gasteiger partial charge in [-0.05, 0) is 46.7 Å². The average Bonchev–Trinajstić information content (AvgIpc) is 3.26. The number of amides is 1. The van der Waals surface area contributed by atoms with Crippen molar-refractivity contribution in [2.24, 2.45) is 0 Å². The summed E-state index contributed by atoms with van der Waals surface area (Å²) in [7, 11) is 0. The van der Waals surface area contributed by atoms with Crippen LogP contribution in [0.3, 0.4) is 0 Å². The molecule has 0 unspecified atom stereocenters. The van der Waals surface area contributed by atoms with Crippen molar-refractivity contribution in [3.8, 4) is 5.69 Å². The van der Waals surface area contributed by atoms with Gasteiger partial charge in [0.2, 0.25) is 5.91 Å². The zero-order valence-corrected chi connectivity index (χ0v) is 15.8. The standard InChI is InChI=1S/C23H19N3O3/c1-16(27)25-22-14-19-6-3-2-5-18(19)13-21(22)23(28)29-15-17-7-9-20(10-8-17)26-12-4-11-24-26/h2-14H,15H2,1H3,(H,25,27). The van der Waals surface area contributed by atoms with Crippen LogP contribution < -0.4 is 5.32 Å². The van der Waals surface area contributed by atoms with Gasteiger partial charge in [-0.2, -0.15) is 5.10 Å². The number of nitrogens with zero attached hydrogens (tertiary/aromatic N) is 2. The first kappa shape index (κ1) is 18.4. The minimum Gasteiger partial charge on any atom is -0.457 e. The second-order valence-electron chi connectivity index (χ2n) is 6.62. The van der Waals surface area contributed by atoms with Gasteiger partial charge in [0.15, 0.2) is 0 Å². The van der Waals surface area contributed by atoms with Crippen molar-refractivity contribution in [1.82, 2.24) is 9.78 Å². The summed E-state index contributed by atoms with van der Waals surface area (Å²) < 4.78 is 7.26. The van der Waals surface area contributed by atoms with Gasteiger partial charge in [0.25, 0.3) is 0 Å². The Balaban J connectivity index is 1.53. The van der Waals surface area contributed by atoms with Gasteiger partial charge in [-0.1, -0.05) is 36.4 Å². The van der Waals surface area contributed by atoms with E-state index in [0.29, 0.717) is 11.3 Å². The Labute approximate surface area is 167 Å². The molecule has 0 aliphatic rings. The van der Waals surface area contributed by atoms with E-state index < -0.39 is 5.97 Å². The zero-order valence-electron chi connectivity index (χ0n) is 15.8. The summed E-state index contributed by atoms with van der Waals surface area (Å²) in [6.07, 6.45) is 3.57. The van der Waals surface area contributed by atoms with E-state index in [-0.39, 0.29) is 12.5 Å². The Morgan fingerprint density at radius 1 is 1.00 bits per heavy atom. The smallest absolute Gasteiger partial charge is 0.340 e. The van der Waals surface area contributed by atoms with E-state index in [1.807, 2.05) is 60.8 Å². The SMILES string of the molecule is CC(=O)Nc1cc2ccccc2cc1C(=O)OCc1ccc(-n2cccn2)cc1. The molecule has 0 saturated heterocycles. The second-order valence-corrected chi connectivity index (χ2v) is 6.62. The molecule has 0 fully saturated rings. The van der Waals surface area contributed by atoms with Gasteiger partial charge >= 0.3 is 5.97 Å². The van der Waals surface area contributed by atoms with Crippen LogP contribution in [0.2, 0.25) is 0 Å². The van der Waals surface area contributed by atoms with Gasteiger partial charge in [0, 0.05) is 19.3 Å². The number of carbonyl (C=O) groups is 2. The number of fused-ring (bicyclic) bond motifs is 1. The Morgan fingerprint density at radius 3 is 2.38 bits per heavy atom. The van der Waals surface area contributed by atoms with Crippen LogP contribution in [0.1, 0.15) is 22.8 Å². The summed E-state index contributed by atoms with van der Waals surface area (Å²) >= 11 is 0. The van der Waals surface area contributed by atoms with Gasteiger partial charge < -0.3 is 10.1 Å². The molecule has 0 saturated carbocycles. The number of benzene rings is 3. The lowest BCUT2D eigenvalue weighted by molar-refractivity contribution is -0.114. The van der Waals surface area contributed by atoms with E-state index in [4.69, 9.17) is 4.74 Å². The van der Waals surface area contributed by atoms with Crippen molar-refractivity contribution >= 4 is 28.3 Å². The lowest BCUT2D eigenvalue weighted by atomic mass is 10.0. The number of esters is 1. The molecular formula is C23H19N3O3. The summed E-state index contributed by atoms with van der Waals surface area (Å²) in [4.78, 5) is 24.3. The van der Waals surface area contributed by atoms with Crippen molar-refractivity contribution in [3.63, 3.8) is 0 Å². The Bertz CT molecular complexity index is 1170. The molecule has 4 aromatic rings. The minimum atomic E-state index is -0.490. The molecule has 1 heterocycles. The molecule has 1 N–H and O–H groups in total. The average molecular weight is 385 g/mol. The second kappa shape index (κ2) is 7.98. The molecule has 1 aromatic heterocycles. The van der Waals surface area contributed by atoms with Crippen LogP contribution >= 0.6 is 0 Å². The van der Waals surface area contributed by atoms with Crippen LogP contribution in [0.5, 0.6) is 0 Å². The van der Waals surface area contributed by atoms with Crippen molar-refractivity contribution in [2.75, 3.05) is 5.32 Å². The maximum Gasteiger partial charge on any atom is 0.340 e. The molecule has 6 heteroatoms. The highest BCUT2D eigenvalue weighted by molar-refractivity contribution is 6.05. The van der Waals surface area contributed by atoms with Gasteiger partial charge in [-0.15, -0.1) is 0 Å². The third kappa shape index (κ3) is 4.16. The summed E-state index contributed by atoms with van der Waals surface area (Å²) in [5, 5.41) is 8.74. The molecule has 144 valence electrons. The first-order valence-electron chi connectivity index (χ1n) is 9.16. The highest BCUT2D eigenvalue weighted by Gasteiger charge is 2.15. The number of rotatable bonds is 5. The summed E-state index contributed by atoms with van der Waals surface area (Å²) in [6.45, 7) is 1.54. The van der Waals surface area contributed by atoms with Gasteiger partial charge in [-0.25, -0.2) is 9.48 Å². The van der Waals surface area contributed by atoms with E-state index in [0.717, 1.165) is 22.0 Å². The first-order chi connectivity index (χ1) is 14.1. The Morgan fingerprint density at radius 2 is 1.72 bits per heavy atom. The van der Waals surface area contributed by atoms with Crippen LogP contribution in [0.25, 0.3) is 16.5 Å². The number of aromatic nitrogens is 2. The molecule has 0 atom stereocenters. The van der Waals surface area contributed by atoms with Crippen molar-refractivity contribution in [3.05, 3.63) is 90.3 Å². The molecule has 29 heavy (non-hydrogen) atoms. The number of anilines is 1. The lowest BCUT2D eigenvalue weighted by Crippen LogP contribution is -2.13. The van der Waals surface area contributed by atoms with E-state index in [9.17, 15) is 9.59 Å². The maximum atomic E-state index is 12.7. The van der Waals surface area contributed by atoms with Gasteiger partial charge in [0.05, 0.1) is 16.9 Å². The van der Waals surface area contributed by atoms with E-state index in [1.165, 1.54) is 6.92 Å². The summed E-state index contributed by atoms with van der Waals surface area (Å²) in [5.41, 5.74) is 2.55. The molecule has 0 aliphatic carbocycles. The topological polar surface area (TPSA) is 73.2 Å². The van der Waals surface area contributed by atoms with Crippen molar-refractivity contribution in [2.45, 2.75) is 13.5 Å². The molecule has 4 rings (SSSR count). The molecule has 3 aromatic carbocycles. The number of nitrogens with one attached hydrogen (secondary N) is 1. The van der Waals surface area contributed by atoms with Gasteiger partial charge in [0.1, 0.15) is 6.61 Å². The quantitative estimate of drug-likeness (QED) is 0.519. The molecule has 6 nitrogen and oxygen atoms in total. The Kier molecular flexibility index (Phi) is 5.07. The van der Waals surface area contributed by atoms with E-state index in [2.05, 4.69) is 10.4 Å². The number of ether oxygens (including phenoxy) is 1. The van der Waals surface area contributed by atoms with Gasteiger partial charge in [-0.3, -0.25) is 4.79 Å². The van der Waals surface area contributed by atoms with E-state index >= 15 is 0 Å². The van der Waals surface area contributed by atoms with Crippen LogP contribution in [-0.2, 0) is 16.1 Å². The summed E-state index contributed by atoms with van der Waals surface area (Å²) in [5.74, 6) is -0.737. The molecule has 0 aliphatic heterocycles. The van der Waals surface area contributed by atoms with Crippen molar-refractivity contribution < 1.29 is 14.3 Å². The third-order valence-electron chi connectivity index (χ3n) is 4.49. The molecular weight excluding hydrogens is 366 g/mol. The zero-order chi connectivity index (χ0) is 20.2. The minimum absolute atomic E-state index is 0.130. The monoisotopic (exact) mass is 385 g/mol. The van der Waals surface area contributed by atoms with Crippen LogP contribution in [0.4, 0.5) is 5.69 Å². The van der Waals surface area contributed by atoms with E-state index in [1.54, 1.807) is 23.0 Å². The predicted molar refractivity (Wildman–Crippen MR) is 111 cm³/mol. The fraction of sp³-hybridized carbons (Fsp3) is 0.0870. The Hall–Kier alpha value is -3.93. The fourth-order valence-electron chi connectivity index (χ4n) is 3.10.